The molecule has 0 bridgehead atoms. The quantitative estimate of drug-likeness (QED) is 0.453. The highest BCUT2D eigenvalue weighted by molar-refractivity contribution is 6.47. The maximum atomic E-state index is 12.8. The van der Waals surface area contributed by atoms with Gasteiger partial charge in [-0.25, -0.2) is 0 Å². The van der Waals surface area contributed by atoms with Gasteiger partial charge in [-0.15, -0.1) is 0 Å². The highest BCUT2D eigenvalue weighted by Crippen LogP contribution is 2.40. The molecule has 0 saturated carbocycles. The van der Waals surface area contributed by atoms with Crippen molar-refractivity contribution < 1.29 is 19.5 Å². The second-order valence-corrected chi connectivity index (χ2v) is 6.98. The second kappa shape index (κ2) is 8.04. The lowest BCUT2D eigenvalue weighted by atomic mass is 9.95. The van der Waals surface area contributed by atoms with E-state index in [0.717, 1.165) is 4.90 Å². The number of carbonyl (C=O) groups is 3. The van der Waals surface area contributed by atoms with Crippen molar-refractivity contribution >= 4 is 46.6 Å². The normalized spacial score (nSPS) is 18.4. The van der Waals surface area contributed by atoms with Gasteiger partial charge in [-0.05, 0) is 29.8 Å². The number of aliphatic hydroxyl groups excluding tert-OH is 1. The third-order valence-corrected chi connectivity index (χ3v) is 5.03. The van der Waals surface area contributed by atoms with Gasteiger partial charge in [0.25, 0.3) is 11.7 Å². The third-order valence-electron chi connectivity index (χ3n) is 4.45. The minimum atomic E-state index is -0.953. The summed E-state index contributed by atoms with van der Waals surface area (Å²) in [6.07, 6.45) is 0. The molecule has 1 aliphatic heterocycles. The van der Waals surface area contributed by atoms with Gasteiger partial charge >= 0.3 is 0 Å². The molecular weight excluding hydrogens is 403 g/mol. The molecule has 2 amide bonds. The van der Waals surface area contributed by atoms with E-state index in [9.17, 15) is 19.5 Å². The molecule has 0 spiro atoms. The molecule has 0 radical (unpaired) electrons. The van der Waals surface area contributed by atoms with E-state index in [1.807, 2.05) is 0 Å². The van der Waals surface area contributed by atoms with Crippen molar-refractivity contribution in [3.8, 4) is 0 Å². The van der Waals surface area contributed by atoms with E-state index in [0.29, 0.717) is 10.6 Å². The summed E-state index contributed by atoms with van der Waals surface area (Å²) in [6, 6.07) is 12.0. The molecular formula is C20H16Cl2N2O4. The van der Waals surface area contributed by atoms with Crippen LogP contribution in [0.4, 0.5) is 0 Å². The number of hydrogen-bond donors (Lipinski definition) is 2. The van der Waals surface area contributed by atoms with Crippen LogP contribution >= 0.6 is 23.2 Å². The van der Waals surface area contributed by atoms with Crippen LogP contribution in [0.1, 0.15) is 17.2 Å². The van der Waals surface area contributed by atoms with E-state index in [-0.39, 0.29) is 22.7 Å². The first-order valence-corrected chi connectivity index (χ1v) is 9.10. The van der Waals surface area contributed by atoms with Crippen LogP contribution in [0.3, 0.4) is 0 Å². The number of likely N-dealkylation sites (N-methyl/N-ethyl adjacent to an activating group) is 1. The topological polar surface area (TPSA) is 86.7 Å². The zero-order chi connectivity index (χ0) is 20.4. The Labute approximate surface area is 171 Å². The Kier molecular flexibility index (Phi) is 5.72. The van der Waals surface area contributed by atoms with Gasteiger partial charge in [-0.1, -0.05) is 47.5 Å². The maximum absolute atomic E-state index is 12.8. The zero-order valence-corrected chi connectivity index (χ0v) is 16.3. The van der Waals surface area contributed by atoms with E-state index >= 15 is 0 Å². The van der Waals surface area contributed by atoms with Crippen LogP contribution < -0.4 is 5.32 Å². The van der Waals surface area contributed by atoms with Crippen molar-refractivity contribution in [3.63, 3.8) is 0 Å². The number of amides is 2. The average Bonchev–Trinajstić information content (AvgIpc) is 2.93. The van der Waals surface area contributed by atoms with Crippen LogP contribution in [0, 0.1) is 0 Å². The minimum Gasteiger partial charge on any atom is -0.507 e. The molecule has 1 fully saturated rings. The summed E-state index contributed by atoms with van der Waals surface area (Å²) in [6.45, 7) is -0.340. The molecule has 144 valence electrons. The Bertz CT molecular complexity index is 986. The predicted molar refractivity (Wildman–Crippen MR) is 106 cm³/mol. The van der Waals surface area contributed by atoms with Crippen molar-refractivity contribution in [2.24, 2.45) is 0 Å². The fraction of sp³-hybridized carbons (Fsp3) is 0.150. The standard InChI is InChI=1S/C20H16Cl2N2O4/c1-23-15(25)10-24-17(11-6-8-12(21)9-7-11)16(19(27)20(24)28)18(26)13-4-2-3-5-14(13)22/h2-9,17,26H,10H2,1H3,(H,23,25)/b18-16+. The summed E-state index contributed by atoms with van der Waals surface area (Å²) in [5.74, 6) is -2.61. The lowest BCUT2D eigenvalue weighted by molar-refractivity contribution is -0.141. The van der Waals surface area contributed by atoms with Gasteiger partial charge in [0, 0.05) is 17.6 Å². The summed E-state index contributed by atoms with van der Waals surface area (Å²) in [5, 5.41) is 14.0. The molecule has 2 aromatic rings. The molecule has 1 unspecified atom stereocenters. The Balaban J connectivity index is 2.21. The van der Waals surface area contributed by atoms with E-state index in [2.05, 4.69) is 5.32 Å². The van der Waals surface area contributed by atoms with Crippen LogP contribution in [0.2, 0.25) is 10.0 Å². The summed E-state index contributed by atoms with van der Waals surface area (Å²) >= 11 is 12.1. The van der Waals surface area contributed by atoms with Gasteiger partial charge in [-0.2, -0.15) is 0 Å². The Morgan fingerprint density at radius 3 is 2.36 bits per heavy atom. The number of likely N-dealkylation sites (tertiary alicyclic amines) is 1. The molecule has 2 aromatic carbocycles. The Morgan fingerprint density at radius 1 is 1.11 bits per heavy atom. The summed E-state index contributed by atoms with van der Waals surface area (Å²) in [5.41, 5.74) is 0.617. The van der Waals surface area contributed by atoms with E-state index < -0.39 is 29.4 Å². The number of benzene rings is 2. The SMILES string of the molecule is CNC(=O)CN1C(=O)C(=O)/C(=C(/O)c2ccccc2Cl)C1c1ccc(Cl)cc1. The lowest BCUT2D eigenvalue weighted by Gasteiger charge is -2.24. The first kappa shape index (κ1) is 19.9. The number of aliphatic hydroxyl groups is 1. The van der Waals surface area contributed by atoms with Gasteiger partial charge in [-0.3, -0.25) is 14.4 Å². The number of Topliss-reactive ketones (excluding diaryl/α,β-unsaturated/α-hetero) is 1. The number of nitrogens with one attached hydrogen (secondary N) is 1. The lowest BCUT2D eigenvalue weighted by Crippen LogP contribution is -2.38. The Morgan fingerprint density at radius 2 is 1.75 bits per heavy atom. The molecule has 1 aliphatic rings. The number of halogens is 2. The molecule has 3 rings (SSSR count). The molecule has 28 heavy (non-hydrogen) atoms. The molecule has 0 aliphatic carbocycles. The molecule has 1 atom stereocenters. The van der Waals surface area contributed by atoms with Crippen LogP contribution in [0.15, 0.2) is 54.1 Å². The molecule has 1 heterocycles. The minimum absolute atomic E-state index is 0.135. The molecule has 2 N–H and O–H groups in total. The maximum Gasteiger partial charge on any atom is 0.296 e. The Hall–Kier alpha value is -2.83. The van der Waals surface area contributed by atoms with E-state index in [4.69, 9.17) is 23.2 Å². The largest absolute Gasteiger partial charge is 0.507 e. The van der Waals surface area contributed by atoms with Crippen LogP contribution in [-0.4, -0.2) is 41.2 Å². The van der Waals surface area contributed by atoms with Gasteiger partial charge in [0.2, 0.25) is 5.91 Å². The van der Waals surface area contributed by atoms with E-state index in [1.54, 1.807) is 48.5 Å². The van der Waals surface area contributed by atoms with Crippen molar-refractivity contribution in [2.75, 3.05) is 13.6 Å². The van der Waals surface area contributed by atoms with Crippen LogP contribution in [0.25, 0.3) is 5.76 Å². The smallest absolute Gasteiger partial charge is 0.296 e. The third kappa shape index (κ3) is 3.61. The number of hydrogen-bond acceptors (Lipinski definition) is 4. The monoisotopic (exact) mass is 418 g/mol. The first-order valence-electron chi connectivity index (χ1n) is 8.34. The molecule has 6 nitrogen and oxygen atoms in total. The summed E-state index contributed by atoms with van der Waals surface area (Å²) in [7, 11) is 1.43. The fourth-order valence-corrected chi connectivity index (χ4v) is 3.42. The first-order chi connectivity index (χ1) is 13.3. The van der Waals surface area contributed by atoms with Crippen molar-refractivity contribution in [1.29, 1.82) is 0 Å². The highest BCUT2D eigenvalue weighted by atomic mass is 35.5. The molecule has 0 aromatic heterocycles. The predicted octanol–water partition coefficient (Wildman–Crippen LogP) is 3.16. The molecule has 8 heteroatoms. The van der Waals surface area contributed by atoms with Crippen molar-refractivity contribution in [2.45, 2.75) is 6.04 Å². The average molecular weight is 419 g/mol. The highest BCUT2D eigenvalue weighted by Gasteiger charge is 2.46. The summed E-state index contributed by atoms with van der Waals surface area (Å²) in [4.78, 5) is 38.4. The van der Waals surface area contributed by atoms with Gasteiger partial charge < -0.3 is 15.3 Å². The number of carbonyl (C=O) groups excluding carboxylic acids is 3. The number of rotatable bonds is 4. The zero-order valence-electron chi connectivity index (χ0n) is 14.8. The van der Waals surface area contributed by atoms with Crippen molar-refractivity contribution in [1.82, 2.24) is 10.2 Å². The van der Waals surface area contributed by atoms with Gasteiger partial charge in [0.05, 0.1) is 16.6 Å². The second-order valence-electron chi connectivity index (χ2n) is 6.13. The number of ketones is 1. The number of nitrogens with zero attached hydrogens (tertiary/aromatic N) is 1. The van der Waals surface area contributed by atoms with Gasteiger partial charge in [0.15, 0.2) is 0 Å². The van der Waals surface area contributed by atoms with Gasteiger partial charge in [0.1, 0.15) is 12.3 Å². The molecule has 1 saturated heterocycles. The summed E-state index contributed by atoms with van der Waals surface area (Å²) < 4.78 is 0. The van der Waals surface area contributed by atoms with Crippen LogP contribution in [0.5, 0.6) is 0 Å². The van der Waals surface area contributed by atoms with Crippen LogP contribution in [-0.2, 0) is 14.4 Å². The van der Waals surface area contributed by atoms with E-state index in [1.165, 1.54) is 7.05 Å². The fourth-order valence-electron chi connectivity index (χ4n) is 3.07. The van der Waals surface area contributed by atoms with Crippen molar-refractivity contribution in [3.05, 3.63) is 75.3 Å².